The van der Waals surface area contributed by atoms with Crippen molar-refractivity contribution in [2.24, 2.45) is 0 Å². The molecule has 2 aromatic heterocycles. The third-order valence-corrected chi connectivity index (χ3v) is 5.13. The van der Waals surface area contributed by atoms with E-state index in [1.54, 1.807) is 0 Å². The molecule has 0 radical (unpaired) electrons. The largest absolute Gasteiger partial charge is 0.262 e. The van der Waals surface area contributed by atoms with Crippen LogP contribution in [0.3, 0.4) is 0 Å². The van der Waals surface area contributed by atoms with E-state index >= 15 is 0 Å². The second kappa shape index (κ2) is 6.11. The predicted molar refractivity (Wildman–Crippen MR) is 97.6 cm³/mol. The van der Waals surface area contributed by atoms with Gasteiger partial charge in [0.15, 0.2) is 0 Å². The Labute approximate surface area is 138 Å². The Hall–Kier alpha value is -2.22. The Kier molecular flexibility index (Phi) is 4.16. The molecule has 118 valence electrons. The Balaban J connectivity index is 2.13. The number of benzene rings is 1. The highest BCUT2D eigenvalue weighted by atomic mass is 14.7. The molecule has 0 spiro atoms. The van der Waals surface area contributed by atoms with Crippen LogP contribution >= 0.6 is 0 Å². The summed E-state index contributed by atoms with van der Waals surface area (Å²) < 4.78 is 0. The van der Waals surface area contributed by atoms with Crippen LogP contribution < -0.4 is 0 Å². The van der Waals surface area contributed by atoms with Crippen LogP contribution in [0.15, 0.2) is 48.8 Å². The first-order valence-electron chi connectivity index (χ1n) is 8.39. The average molecular weight is 304 g/mol. The monoisotopic (exact) mass is 304 g/mol. The van der Waals surface area contributed by atoms with Crippen LogP contribution in [0.25, 0.3) is 22.2 Å². The lowest BCUT2D eigenvalue weighted by Gasteiger charge is -2.28. The zero-order valence-corrected chi connectivity index (χ0v) is 14.4. The maximum atomic E-state index is 4.80. The molecule has 0 bridgehead atoms. The van der Waals surface area contributed by atoms with Gasteiger partial charge in [-0.15, -0.1) is 0 Å². The van der Waals surface area contributed by atoms with Gasteiger partial charge < -0.3 is 0 Å². The van der Waals surface area contributed by atoms with Crippen molar-refractivity contribution >= 4 is 10.9 Å². The number of nitrogens with zero attached hydrogens (tertiary/aromatic N) is 2. The molecule has 3 aromatic rings. The van der Waals surface area contributed by atoms with Gasteiger partial charge in [-0.25, -0.2) is 4.98 Å². The van der Waals surface area contributed by atoms with Crippen LogP contribution in [-0.4, -0.2) is 9.97 Å². The third-order valence-electron chi connectivity index (χ3n) is 5.13. The summed E-state index contributed by atoms with van der Waals surface area (Å²) in [6, 6.07) is 13.1. The molecule has 0 aliphatic rings. The average Bonchev–Trinajstić information content (AvgIpc) is 2.60. The maximum absolute atomic E-state index is 4.80. The predicted octanol–water partition coefficient (Wildman–Crippen LogP) is 5.68. The number of fused-ring (bicyclic) bond motifs is 1. The fourth-order valence-electron chi connectivity index (χ4n) is 3.07. The topological polar surface area (TPSA) is 25.8 Å². The number of rotatable bonds is 4. The number of aryl methyl sites for hydroxylation is 1. The van der Waals surface area contributed by atoms with Crippen molar-refractivity contribution < 1.29 is 0 Å². The second-order valence-corrected chi connectivity index (χ2v) is 6.62. The van der Waals surface area contributed by atoms with Crippen LogP contribution in [0, 0.1) is 6.92 Å². The van der Waals surface area contributed by atoms with Crippen LogP contribution in [0.2, 0.25) is 0 Å². The zero-order chi connectivity index (χ0) is 16.4. The van der Waals surface area contributed by atoms with Crippen molar-refractivity contribution in [1.82, 2.24) is 9.97 Å². The summed E-state index contributed by atoms with van der Waals surface area (Å²) in [5.41, 5.74) is 6.08. The lowest BCUT2D eigenvalue weighted by molar-refractivity contribution is 0.439. The van der Waals surface area contributed by atoms with E-state index in [1.165, 1.54) is 16.7 Å². The first kappa shape index (κ1) is 15.7. The summed E-state index contributed by atoms with van der Waals surface area (Å²) >= 11 is 0. The SMILES string of the molecule is CCC(C)(CC)c1cc(C)cc(-c2ccc3ccncc3n2)c1. The van der Waals surface area contributed by atoms with E-state index in [0.717, 1.165) is 29.4 Å². The summed E-state index contributed by atoms with van der Waals surface area (Å²) in [6.45, 7) is 9.06. The highest BCUT2D eigenvalue weighted by Gasteiger charge is 2.23. The molecule has 2 heteroatoms. The van der Waals surface area contributed by atoms with E-state index in [4.69, 9.17) is 4.98 Å². The van der Waals surface area contributed by atoms with Crippen LogP contribution in [-0.2, 0) is 5.41 Å². The maximum Gasteiger partial charge on any atom is 0.0892 e. The van der Waals surface area contributed by atoms with Crippen LogP contribution in [0.1, 0.15) is 44.7 Å². The standard InChI is InChI=1S/C21H24N2/c1-5-21(4,6-2)18-12-15(3)11-17(13-18)19-8-7-16-9-10-22-14-20(16)23-19/h7-14H,5-6H2,1-4H3. The molecular formula is C21H24N2. The molecule has 0 aliphatic heterocycles. The highest BCUT2D eigenvalue weighted by molar-refractivity contribution is 5.80. The van der Waals surface area contributed by atoms with Gasteiger partial charge in [0.2, 0.25) is 0 Å². The highest BCUT2D eigenvalue weighted by Crippen LogP contribution is 2.34. The van der Waals surface area contributed by atoms with Crippen molar-refractivity contribution in [3.63, 3.8) is 0 Å². The molecule has 0 aliphatic carbocycles. The van der Waals surface area contributed by atoms with Gasteiger partial charge in [0, 0.05) is 17.1 Å². The van der Waals surface area contributed by atoms with Crippen molar-refractivity contribution in [3.05, 3.63) is 59.9 Å². The first-order chi connectivity index (χ1) is 11.1. The van der Waals surface area contributed by atoms with E-state index in [1.807, 2.05) is 18.5 Å². The van der Waals surface area contributed by atoms with E-state index in [2.05, 4.69) is 63.0 Å². The van der Waals surface area contributed by atoms with Crippen LogP contribution in [0.5, 0.6) is 0 Å². The summed E-state index contributed by atoms with van der Waals surface area (Å²) in [5, 5.41) is 1.13. The minimum Gasteiger partial charge on any atom is -0.262 e. The number of hydrogen-bond donors (Lipinski definition) is 0. The summed E-state index contributed by atoms with van der Waals surface area (Å²) in [6.07, 6.45) is 5.92. The lowest BCUT2D eigenvalue weighted by atomic mass is 9.77. The van der Waals surface area contributed by atoms with Crippen molar-refractivity contribution in [1.29, 1.82) is 0 Å². The third kappa shape index (κ3) is 2.98. The van der Waals surface area contributed by atoms with Gasteiger partial charge in [-0.2, -0.15) is 0 Å². The van der Waals surface area contributed by atoms with Crippen molar-refractivity contribution in [3.8, 4) is 11.3 Å². The Morgan fingerprint density at radius 3 is 2.52 bits per heavy atom. The van der Waals surface area contributed by atoms with E-state index < -0.39 is 0 Å². The zero-order valence-electron chi connectivity index (χ0n) is 14.4. The van der Waals surface area contributed by atoms with E-state index in [9.17, 15) is 0 Å². The Morgan fingerprint density at radius 1 is 1.00 bits per heavy atom. The molecule has 0 saturated carbocycles. The summed E-state index contributed by atoms with van der Waals surface area (Å²) in [4.78, 5) is 8.98. The number of aromatic nitrogens is 2. The molecular weight excluding hydrogens is 280 g/mol. The van der Waals surface area contributed by atoms with Gasteiger partial charge in [0.25, 0.3) is 0 Å². The van der Waals surface area contributed by atoms with E-state index in [0.29, 0.717) is 0 Å². The Morgan fingerprint density at radius 2 is 1.78 bits per heavy atom. The minimum atomic E-state index is 0.221. The molecule has 0 fully saturated rings. The van der Waals surface area contributed by atoms with Gasteiger partial charge in [0.05, 0.1) is 17.4 Å². The fourth-order valence-corrected chi connectivity index (χ4v) is 3.07. The molecule has 2 heterocycles. The summed E-state index contributed by atoms with van der Waals surface area (Å²) in [5.74, 6) is 0. The molecule has 0 unspecified atom stereocenters. The summed E-state index contributed by atoms with van der Waals surface area (Å²) in [7, 11) is 0. The number of hydrogen-bond acceptors (Lipinski definition) is 2. The van der Waals surface area contributed by atoms with Gasteiger partial charge >= 0.3 is 0 Å². The van der Waals surface area contributed by atoms with Gasteiger partial charge in [-0.1, -0.05) is 38.5 Å². The second-order valence-electron chi connectivity index (χ2n) is 6.62. The quantitative estimate of drug-likeness (QED) is 0.619. The molecule has 0 N–H and O–H groups in total. The molecule has 0 saturated heterocycles. The molecule has 3 rings (SSSR count). The molecule has 0 amide bonds. The molecule has 23 heavy (non-hydrogen) atoms. The fraction of sp³-hybridized carbons (Fsp3) is 0.333. The molecule has 2 nitrogen and oxygen atoms in total. The minimum absolute atomic E-state index is 0.221. The van der Waals surface area contributed by atoms with Crippen LogP contribution in [0.4, 0.5) is 0 Å². The van der Waals surface area contributed by atoms with E-state index in [-0.39, 0.29) is 5.41 Å². The molecule has 0 atom stereocenters. The first-order valence-corrected chi connectivity index (χ1v) is 8.39. The van der Waals surface area contributed by atoms with Gasteiger partial charge in [0.1, 0.15) is 0 Å². The number of pyridine rings is 2. The molecule has 1 aromatic carbocycles. The Bertz CT molecular complexity index is 832. The normalized spacial score (nSPS) is 11.8. The lowest BCUT2D eigenvalue weighted by Crippen LogP contribution is -2.19. The van der Waals surface area contributed by atoms with Gasteiger partial charge in [-0.3, -0.25) is 4.98 Å². The smallest absolute Gasteiger partial charge is 0.0892 e. The van der Waals surface area contributed by atoms with Crippen molar-refractivity contribution in [2.75, 3.05) is 0 Å². The van der Waals surface area contributed by atoms with Gasteiger partial charge in [-0.05, 0) is 55.0 Å². The van der Waals surface area contributed by atoms with Crippen molar-refractivity contribution in [2.45, 2.75) is 46.0 Å².